The third-order valence-corrected chi connectivity index (χ3v) is 3.49. The number of fused-ring (bicyclic) bond motifs is 1. The van der Waals surface area contributed by atoms with Gasteiger partial charge in [0.1, 0.15) is 0 Å². The summed E-state index contributed by atoms with van der Waals surface area (Å²) in [6.45, 7) is 0.322. The molecule has 2 heterocycles. The summed E-state index contributed by atoms with van der Waals surface area (Å²) in [7, 11) is 1.77. The Bertz CT molecular complexity index is 497. The molecule has 1 atom stereocenters. The van der Waals surface area contributed by atoms with Crippen molar-refractivity contribution >= 4 is 17.4 Å². The van der Waals surface area contributed by atoms with E-state index in [1.54, 1.807) is 18.0 Å². The van der Waals surface area contributed by atoms with Crippen LogP contribution in [0.25, 0.3) is 0 Å². The molecule has 2 aliphatic rings. The molecule has 2 aliphatic heterocycles. The number of carbonyl (C=O) groups is 2. The molecule has 1 unspecified atom stereocenters. The summed E-state index contributed by atoms with van der Waals surface area (Å²) in [5, 5.41) is 0. The van der Waals surface area contributed by atoms with E-state index in [1.165, 1.54) is 0 Å². The average Bonchev–Trinajstić information content (AvgIpc) is 2.78. The highest BCUT2D eigenvalue weighted by atomic mass is 16.5. The van der Waals surface area contributed by atoms with Gasteiger partial charge in [-0.1, -0.05) is 12.1 Å². The van der Waals surface area contributed by atoms with Crippen molar-refractivity contribution < 1.29 is 14.3 Å². The zero-order valence-corrected chi connectivity index (χ0v) is 8.90. The fraction of sp³-hybridized carbons (Fsp3) is 0.333. The third kappa shape index (κ3) is 0.852. The number of nitrogens with zero attached hydrogens (tertiary/aromatic N) is 1. The van der Waals surface area contributed by atoms with Crippen LogP contribution in [0.5, 0.6) is 0 Å². The lowest BCUT2D eigenvalue weighted by atomic mass is 9.91. The predicted octanol–water partition coefficient (Wildman–Crippen LogP) is 1.00. The second-order valence-electron chi connectivity index (χ2n) is 4.15. The maximum Gasteiger partial charge on any atom is 0.340 e. The molecule has 0 saturated carbocycles. The van der Waals surface area contributed by atoms with Crippen LogP contribution in [0, 0.1) is 0 Å². The Morgan fingerprint density at radius 1 is 1.31 bits per heavy atom. The Labute approximate surface area is 92.8 Å². The average molecular weight is 217 g/mol. The van der Waals surface area contributed by atoms with Crippen LogP contribution in [0.2, 0.25) is 0 Å². The van der Waals surface area contributed by atoms with Gasteiger partial charge in [0.25, 0.3) is 0 Å². The summed E-state index contributed by atoms with van der Waals surface area (Å²) in [5.41, 5.74) is 0.333. The van der Waals surface area contributed by atoms with Crippen LogP contribution in [-0.4, -0.2) is 30.9 Å². The summed E-state index contributed by atoms with van der Waals surface area (Å²) in [4.78, 5) is 25.9. The van der Waals surface area contributed by atoms with Crippen molar-refractivity contribution in [1.29, 1.82) is 0 Å². The molecule has 1 fully saturated rings. The SMILES string of the molecule is CN1c2ccccc2C(=O)C12CCOC2=O. The highest BCUT2D eigenvalue weighted by Crippen LogP contribution is 2.42. The van der Waals surface area contributed by atoms with Gasteiger partial charge in [-0.25, -0.2) is 4.79 Å². The number of ketones is 1. The van der Waals surface area contributed by atoms with Crippen molar-refractivity contribution in [2.75, 3.05) is 18.6 Å². The molecule has 0 amide bonds. The van der Waals surface area contributed by atoms with Gasteiger partial charge < -0.3 is 9.64 Å². The normalized spacial score (nSPS) is 27.4. The van der Waals surface area contributed by atoms with Crippen molar-refractivity contribution in [3.05, 3.63) is 29.8 Å². The first-order valence-corrected chi connectivity index (χ1v) is 5.23. The second-order valence-corrected chi connectivity index (χ2v) is 4.15. The molecule has 0 bridgehead atoms. The molecular formula is C12H11NO3. The first-order valence-electron chi connectivity index (χ1n) is 5.23. The number of hydrogen-bond acceptors (Lipinski definition) is 4. The Hall–Kier alpha value is -1.84. The van der Waals surface area contributed by atoms with Crippen LogP contribution in [-0.2, 0) is 9.53 Å². The molecule has 0 N–H and O–H groups in total. The number of cyclic esters (lactones) is 1. The van der Waals surface area contributed by atoms with Crippen molar-refractivity contribution in [2.24, 2.45) is 0 Å². The molecule has 16 heavy (non-hydrogen) atoms. The van der Waals surface area contributed by atoms with Gasteiger partial charge >= 0.3 is 5.97 Å². The van der Waals surface area contributed by atoms with Crippen LogP contribution in [0.15, 0.2) is 24.3 Å². The van der Waals surface area contributed by atoms with E-state index in [0.717, 1.165) is 5.69 Å². The maximum atomic E-state index is 12.3. The van der Waals surface area contributed by atoms with Crippen molar-refractivity contribution in [1.82, 2.24) is 0 Å². The van der Waals surface area contributed by atoms with Crippen LogP contribution < -0.4 is 4.90 Å². The van der Waals surface area contributed by atoms with E-state index in [1.807, 2.05) is 18.2 Å². The number of benzene rings is 1. The number of rotatable bonds is 0. The number of para-hydroxylation sites is 1. The van der Waals surface area contributed by atoms with Crippen molar-refractivity contribution in [3.8, 4) is 0 Å². The highest BCUT2D eigenvalue weighted by molar-refractivity contribution is 6.25. The summed E-state index contributed by atoms with van der Waals surface area (Å²) < 4.78 is 4.96. The Morgan fingerprint density at radius 2 is 2.06 bits per heavy atom. The fourth-order valence-electron chi connectivity index (χ4n) is 2.56. The van der Waals surface area contributed by atoms with E-state index in [4.69, 9.17) is 4.74 Å². The second kappa shape index (κ2) is 2.84. The van der Waals surface area contributed by atoms with Gasteiger partial charge in [-0.05, 0) is 12.1 Å². The van der Waals surface area contributed by atoms with Gasteiger partial charge in [-0.3, -0.25) is 4.79 Å². The highest BCUT2D eigenvalue weighted by Gasteiger charge is 2.59. The van der Waals surface area contributed by atoms with Gasteiger partial charge in [-0.2, -0.15) is 0 Å². The lowest BCUT2D eigenvalue weighted by Gasteiger charge is -2.27. The molecule has 82 valence electrons. The summed E-state index contributed by atoms with van der Waals surface area (Å²) in [6, 6.07) is 7.29. The van der Waals surface area contributed by atoms with Crippen LogP contribution in [0.1, 0.15) is 16.8 Å². The minimum Gasteiger partial charge on any atom is -0.463 e. The molecule has 4 heteroatoms. The number of anilines is 1. The Kier molecular flexibility index (Phi) is 1.67. The number of hydrogen-bond donors (Lipinski definition) is 0. The quantitative estimate of drug-likeness (QED) is 0.480. The molecule has 3 rings (SSSR count). The number of carbonyl (C=O) groups excluding carboxylic acids is 2. The summed E-state index contributed by atoms with van der Waals surface area (Å²) in [5.74, 6) is -0.552. The monoisotopic (exact) mass is 217 g/mol. The van der Waals surface area contributed by atoms with Gasteiger partial charge in [-0.15, -0.1) is 0 Å². The molecule has 0 aliphatic carbocycles. The van der Waals surface area contributed by atoms with Gasteiger partial charge in [0.05, 0.1) is 6.61 Å². The van der Waals surface area contributed by atoms with E-state index >= 15 is 0 Å². The van der Waals surface area contributed by atoms with Gasteiger partial charge in [0, 0.05) is 24.7 Å². The lowest BCUT2D eigenvalue weighted by molar-refractivity contribution is -0.140. The minimum absolute atomic E-state index is 0.131. The standard InChI is InChI=1S/C12H11NO3/c1-13-9-5-3-2-4-8(9)10(14)12(13)6-7-16-11(12)15/h2-5H,6-7H2,1H3. The van der Waals surface area contributed by atoms with Crippen molar-refractivity contribution in [3.63, 3.8) is 0 Å². The van der Waals surface area contributed by atoms with Crippen LogP contribution in [0.3, 0.4) is 0 Å². The zero-order chi connectivity index (χ0) is 11.3. The lowest BCUT2D eigenvalue weighted by Crippen LogP contribution is -2.52. The Morgan fingerprint density at radius 3 is 2.69 bits per heavy atom. The summed E-state index contributed by atoms with van der Waals surface area (Å²) in [6.07, 6.45) is 0.440. The van der Waals surface area contributed by atoms with Gasteiger partial charge in [0.2, 0.25) is 11.3 Å². The molecule has 1 spiro atoms. The number of Topliss-reactive ketones (excluding diaryl/α,β-unsaturated/α-hetero) is 1. The molecule has 0 radical (unpaired) electrons. The third-order valence-electron chi connectivity index (χ3n) is 3.49. The van der Waals surface area contributed by atoms with E-state index < -0.39 is 11.5 Å². The van der Waals surface area contributed by atoms with Crippen LogP contribution in [0.4, 0.5) is 5.69 Å². The minimum atomic E-state index is -1.09. The smallest absolute Gasteiger partial charge is 0.340 e. The Balaban J connectivity index is 2.21. The molecule has 4 nitrogen and oxygen atoms in total. The maximum absolute atomic E-state index is 12.3. The molecule has 1 aromatic rings. The molecular weight excluding hydrogens is 206 g/mol. The van der Waals surface area contributed by atoms with E-state index in [9.17, 15) is 9.59 Å². The zero-order valence-electron chi connectivity index (χ0n) is 8.90. The number of likely N-dealkylation sites (N-methyl/N-ethyl adjacent to an activating group) is 1. The van der Waals surface area contributed by atoms with E-state index in [-0.39, 0.29) is 5.78 Å². The van der Waals surface area contributed by atoms with E-state index in [2.05, 4.69) is 0 Å². The molecule has 1 saturated heterocycles. The topological polar surface area (TPSA) is 46.6 Å². The van der Waals surface area contributed by atoms with Crippen molar-refractivity contribution in [2.45, 2.75) is 12.0 Å². The molecule has 0 aromatic heterocycles. The first-order chi connectivity index (χ1) is 7.68. The predicted molar refractivity (Wildman–Crippen MR) is 57.5 cm³/mol. The fourth-order valence-corrected chi connectivity index (χ4v) is 2.56. The first kappa shape index (κ1) is 9.39. The summed E-state index contributed by atoms with van der Waals surface area (Å²) >= 11 is 0. The number of ether oxygens (including phenoxy) is 1. The molecule has 1 aromatic carbocycles. The number of esters is 1. The van der Waals surface area contributed by atoms with Gasteiger partial charge in [0.15, 0.2) is 0 Å². The van der Waals surface area contributed by atoms with E-state index in [0.29, 0.717) is 18.6 Å². The van der Waals surface area contributed by atoms with Crippen LogP contribution >= 0.6 is 0 Å². The largest absolute Gasteiger partial charge is 0.463 e.